The van der Waals surface area contributed by atoms with Crippen LogP contribution in [0, 0.1) is 5.92 Å². The van der Waals surface area contributed by atoms with E-state index in [0.717, 1.165) is 30.5 Å². The fourth-order valence-corrected chi connectivity index (χ4v) is 2.46. The van der Waals surface area contributed by atoms with Crippen molar-refractivity contribution in [2.24, 2.45) is 5.92 Å². The van der Waals surface area contributed by atoms with E-state index in [1.807, 2.05) is 24.3 Å². The topological polar surface area (TPSA) is 41.9 Å². The molecule has 20 heavy (non-hydrogen) atoms. The fourth-order valence-electron chi connectivity index (χ4n) is 2.46. The van der Waals surface area contributed by atoms with Crippen LogP contribution in [0.2, 0.25) is 0 Å². The average Bonchev–Trinajstić information content (AvgIpc) is 2.48. The van der Waals surface area contributed by atoms with E-state index < -0.39 is 6.10 Å². The minimum absolute atomic E-state index is 0.332. The zero-order valence-corrected chi connectivity index (χ0v) is 12.4. The van der Waals surface area contributed by atoms with Crippen molar-refractivity contribution < 1.29 is 14.6 Å². The van der Waals surface area contributed by atoms with E-state index in [4.69, 9.17) is 9.47 Å². The molecule has 4 heteroatoms. The average molecular weight is 279 g/mol. The molecule has 1 heterocycles. The molecule has 1 saturated heterocycles. The lowest BCUT2D eigenvalue weighted by Gasteiger charge is -2.31. The molecule has 0 unspecified atom stereocenters. The van der Waals surface area contributed by atoms with Crippen LogP contribution >= 0.6 is 0 Å². The highest BCUT2D eigenvalue weighted by Crippen LogP contribution is 2.18. The second-order valence-corrected chi connectivity index (χ2v) is 5.62. The molecule has 0 bridgehead atoms. The van der Waals surface area contributed by atoms with Crippen molar-refractivity contribution in [3.8, 4) is 11.5 Å². The van der Waals surface area contributed by atoms with Crippen molar-refractivity contribution in [2.75, 3.05) is 33.4 Å². The lowest BCUT2D eigenvalue weighted by Crippen LogP contribution is -2.40. The predicted molar refractivity (Wildman–Crippen MR) is 79.3 cm³/mol. The summed E-state index contributed by atoms with van der Waals surface area (Å²) in [5.41, 5.74) is 0. The summed E-state index contributed by atoms with van der Waals surface area (Å²) in [6.45, 7) is 5.49. The van der Waals surface area contributed by atoms with Gasteiger partial charge in [0.2, 0.25) is 0 Å². The van der Waals surface area contributed by atoms with Gasteiger partial charge < -0.3 is 19.5 Å². The van der Waals surface area contributed by atoms with E-state index in [0.29, 0.717) is 13.2 Å². The first kappa shape index (κ1) is 15.1. The molecular formula is C16H25NO3. The number of methoxy groups -OCH3 is 1. The Labute approximate surface area is 121 Å². The molecule has 1 N–H and O–H groups in total. The highest BCUT2D eigenvalue weighted by Gasteiger charge is 2.18. The van der Waals surface area contributed by atoms with Gasteiger partial charge in [0.25, 0.3) is 0 Å². The minimum Gasteiger partial charge on any atom is -0.497 e. The maximum Gasteiger partial charge on any atom is 0.119 e. The van der Waals surface area contributed by atoms with Crippen molar-refractivity contribution in [3.63, 3.8) is 0 Å². The number of nitrogens with zero attached hydrogens (tertiary/aromatic N) is 1. The van der Waals surface area contributed by atoms with Crippen LogP contribution in [0.15, 0.2) is 24.3 Å². The van der Waals surface area contributed by atoms with E-state index >= 15 is 0 Å². The summed E-state index contributed by atoms with van der Waals surface area (Å²) in [5, 5.41) is 10.0. The van der Waals surface area contributed by atoms with Gasteiger partial charge in [0, 0.05) is 6.54 Å². The Kier molecular flexibility index (Phi) is 5.68. The predicted octanol–water partition coefficient (Wildman–Crippen LogP) is 2.17. The van der Waals surface area contributed by atoms with Crippen LogP contribution in [0.25, 0.3) is 0 Å². The SMILES string of the molecule is COc1ccc(OC[C@@H](O)CN2CCC(C)CC2)cc1. The van der Waals surface area contributed by atoms with E-state index in [1.165, 1.54) is 12.8 Å². The van der Waals surface area contributed by atoms with Gasteiger partial charge in [-0.15, -0.1) is 0 Å². The quantitative estimate of drug-likeness (QED) is 0.866. The third kappa shape index (κ3) is 4.69. The van der Waals surface area contributed by atoms with E-state index in [9.17, 15) is 5.11 Å². The summed E-state index contributed by atoms with van der Waals surface area (Å²) in [4.78, 5) is 2.32. The van der Waals surface area contributed by atoms with Gasteiger partial charge in [-0.05, 0) is 56.1 Å². The molecule has 1 aliphatic rings. The summed E-state index contributed by atoms with van der Waals surface area (Å²) in [5.74, 6) is 2.39. The van der Waals surface area contributed by atoms with Gasteiger partial charge >= 0.3 is 0 Å². The Balaban J connectivity index is 1.70. The summed E-state index contributed by atoms with van der Waals surface area (Å²) in [7, 11) is 1.64. The highest BCUT2D eigenvalue weighted by atomic mass is 16.5. The van der Waals surface area contributed by atoms with Crippen molar-refractivity contribution >= 4 is 0 Å². The number of β-amino-alcohol motifs (C(OH)–C–C–N with tert-alkyl or cyclic N) is 1. The first-order valence-electron chi connectivity index (χ1n) is 7.34. The molecule has 1 aromatic carbocycles. The van der Waals surface area contributed by atoms with Crippen LogP contribution in [0.4, 0.5) is 0 Å². The maximum absolute atomic E-state index is 10.0. The number of rotatable bonds is 6. The number of hydrogen-bond acceptors (Lipinski definition) is 4. The van der Waals surface area contributed by atoms with Crippen LogP contribution in [0.1, 0.15) is 19.8 Å². The van der Waals surface area contributed by atoms with Gasteiger partial charge in [0.15, 0.2) is 0 Å². The fraction of sp³-hybridized carbons (Fsp3) is 0.625. The zero-order valence-electron chi connectivity index (χ0n) is 12.4. The minimum atomic E-state index is -0.439. The number of hydrogen-bond donors (Lipinski definition) is 1. The first-order valence-corrected chi connectivity index (χ1v) is 7.34. The van der Waals surface area contributed by atoms with Crippen molar-refractivity contribution in [1.29, 1.82) is 0 Å². The first-order chi connectivity index (χ1) is 9.67. The molecule has 1 aliphatic heterocycles. The Hall–Kier alpha value is -1.26. The standard InChI is InChI=1S/C16H25NO3/c1-13-7-9-17(10-8-13)11-14(18)12-20-16-5-3-15(19-2)4-6-16/h3-6,13-14,18H,7-12H2,1-2H3/t14-/m0/s1. The molecule has 0 amide bonds. The third-order valence-corrected chi connectivity index (χ3v) is 3.85. The molecule has 0 aromatic heterocycles. The van der Waals surface area contributed by atoms with Gasteiger partial charge in [0.05, 0.1) is 7.11 Å². The monoisotopic (exact) mass is 279 g/mol. The summed E-state index contributed by atoms with van der Waals surface area (Å²) >= 11 is 0. The van der Waals surface area contributed by atoms with Gasteiger partial charge in [-0.3, -0.25) is 0 Å². The second kappa shape index (κ2) is 7.50. The highest BCUT2D eigenvalue weighted by molar-refractivity contribution is 5.31. The molecule has 1 fully saturated rings. The number of piperidine rings is 1. The molecule has 0 radical (unpaired) electrons. The van der Waals surface area contributed by atoms with Crippen LogP contribution in [0.3, 0.4) is 0 Å². The second-order valence-electron chi connectivity index (χ2n) is 5.62. The van der Waals surface area contributed by atoms with Crippen LogP contribution < -0.4 is 9.47 Å². The van der Waals surface area contributed by atoms with Crippen LogP contribution in [-0.2, 0) is 0 Å². The lowest BCUT2D eigenvalue weighted by atomic mass is 9.99. The normalized spacial score (nSPS) is 18.8. The molecule has 1 atom stereocenters. The van der Waals surface area contributed by atoms with Crippen LogP contribution in [-0.4, -0.2) is 49.5 Å². The van der Waals surface area contributed by atoms with Crippen molar-refractivity contribution in [2.45, 2.75) is 25.9 Å². The largest absolute Gasteiger partial charge is 0.497 e. The number of aliphatic hydroxyl groups excluding tert-OH is 1. The zero-order chi connectivity index (χ0) is 14.4. The number of aliphatic hydroxyl groups is 1. The molecule has 4 nitrogen and oxygen atoms in total. The molecule has 0 aliphatic carbocycles. The van der Waals surface area contributed by atoms with E-state index in [-0.39, 0.29) is 0 Å². The smallest absolute Gasteiger partial charge is 0.119 e. The molecule has 1 aromatic rings. The molecule has 112 valence electrons. The Bertz CT molecular complexity index is 385. The maximum atomic E-state index is 10.0. The van der Waals surface area contributed by atoms with E-state index in [2.05, 4.69) is 11.8 Å². The molecule has 0 saturated carbocycles. The number of ether oxygens (including phenoxy) is 2. The van der Waals surface area contributed by atoms with Crippen LogP contribution in [0.5, 0.6) is 11.5 Å². The number of benzene rings is 1. The molecule has 2 rings (SSSR count). The molecular weight excluding hydrogens is 254 g/mol. The Morgan fingerprint density at radius 1 is 1.20 bits per heavy atom. The summed E-state index contributed by atoms with van der Waals surface area (Å²) in [6.07, 6.45) is 2.02. The number of likely N-dealkylation sites (tertiary alicyclic amines) is 1. The van der Waals surface area contributed by atoms with Gasteiger partial charge in [-0.25, -0.2) is 0 Å². The Morgan fingerprint density at radius 3 is 2.40 bits per heavy atom. The lowest BCUT2D eigenvalue weighted by molar-refractivity contribution is 0.0563. The van der Waals surface area contributed by atoms with E-state index in [1.54, 1.807) is 7.11 Å². The van der Waals surface area contributed by atoms with Gasteiger partial charge in [-0.2, -0.15) is 0 Å². The van der Waals surface area contributed by atoms with Gasteiger partial charge in [-0.1, -0.05) is 6.92 Å². The summed E-state index contributed by atoms with van der Waals surface area (Å²) < 4.78 is 10.7. The van der Waals surface area contributed by atoms with Gasteiger partial charge in [0.1, 0.15) is 24.2 Å². The van der Waals surface area contributed by atoms with Crippen molar-refractivity contribution in [3.05, 3.63) is 24.3 Å². The summed E-state index contributed by atoms with van der Waals surface area (Å²) in [6, 6.07) is 7.42. The van der Waals surface area contributed by atoms with Crippen molar-refractivity contribution in [1.82, 2.24) is 4.90 Å². The third-order valence-electron chi connectivity index (χ3n) is 3.85. The Morgan fingerprint density at radius 2 is 1.80 bits per heavy atom. The molecule has 0 spiro atoms.